The molecule has 2 N–H and O–H groups in total. The van der Waals surface area contributed by atoms with Gasteiger partial charge in [0.15, 0.2) is 0 Å². The van der Waals surface area contributed by atoms with Crippen molar-refractivity contribution in [1.82, 2.24) is 0 Å². The molecule has 1 unspecified atom stereocenters. The molecule has 20 heavy (non-hydrogen) atoms. The van der Waals surface area contributed by atoms with Gasteiger partial charge in [-0.2, -0.15) is 0 Å². The lowest BCUT2D eigenvalue weighted by Crippen LogP contribution is -2.21. The van der Waals surface area contributed by atoms with Gasteiger partial charge in [0.1, 0.15) is 18.1 Å². The third-order valence-electron chi connectivity index (χ3n) is 3.54. The molecule has 0 radical (unpaired) electrons. The van der Waals surface area contributed by atoms with Crippen molar-refractivity contribution >= 4 is 0 Å². The second-order valence-electron chi connectivity index (χ2n) is 5.02. The highest BCUT2D eigenvalue weighted by Gasteiger charge is 2.18. The van der Waals surface area contributed by atoms with Crippen molar-refractivity contribution < 1.29 is 9.47 Å². The van der Waals surface area contributed by atoms with Gasteiger partial charge in [-0.25, -0.2) is 0 Å². The van der Waals surface area contributed by atoms with Crippen molar-refractivity contribution in [1.29, 1.82) is 0 Å². The van der Waals surface area contributed by atoms with Crippen LogP contribution in [0.5, 0.6) is 11.5 Å². The molecule has 0 fully saturated rings. The second-order valence-corrected chi connectivity index (χ2v) is 5.02. The van der Waals surface area contributed by atoms with E-state index in [0.717, 1.165) is 36.5 Å². The molecule has 1 aliphatic heterocycles. The van der Waals surface area contributed by atoms with E-state index in [-0.39, 0.29) is 6.04 Å². The van der Waals surface area contributed by atoms with Crippen LogP contribution >= 0.6 is 0 Å². The van der Waals surface area contributed by atoms with E-state index in [2.05, 4.69) is 6.07 Å². The van der Waals surface area contributed by atoms with E-state index in [1.54, 1.807) is 0 Å². The Morgan fingerprint density at radius 2 is 1.95 bits per heavy atom. The number of ether oxygens (including phenoxy) is 2. The first-order valence-electron chi connectivity index (χ1n) is 7.02. The maximum absolute atomic E-state index is 6.26. The average Bonchev–Trinajstić information content (AvgIpc) is 2.53. The lowest BCUT2D eigenvalue weighted by molar-refractivity contribution is 0.266. The lowest BCUT2D eigenvalue weighted by atomic mass is 9.99. The van der Waals surface area contributed by atoms with Gasteiger partial charge in [0.25, 0.3) is 0 Å². The first-order chi connectivity index (χ1) is 9.84. The van der Waals surface area contributed by atoms with E-state index in [1.807, 2.05) is 42.5 Å². The fraction of sp³-hybridized carbons (Fsp3) is 0.294. The minimum atomic E-state index is -0.178. The molecule has 0 aliphatic carbocycles. The predicted molar refractivity (Wildman–Crippen MR) is 79.1 cm³/mol. The number of benzene rings is 2. The quantitative estimate of drug-likeness (QED) is 0.927. The third kappa shape index (κ3) is 2.78. The highest BCUT2D eigenvalue weighted by Crippen LogP contribution is 2.32. The summed E-state index contributed by atoms with van der Waals surface area (Å²) in [6, 6.07) is 15.8. The van der Waals surface area contributed by atoms with Crippen molar-refractivity contribution in [3.8, 4) is 11.5 Å². The normalized spacial score (nSPS) is 15.1. The zero-order chi connectivity index (χ0) is 13.8. The van der Waals surface area contributed by atoms with Crippen molar-refractivity contribution in [2.45, 2.75) is 18.9 Å². The van der Waals surface area contributed by atoms with Crippen molar-refractivity contribution in [3.05, 3.63) is 59.7 Å². The van der Waals surface area contributed by atoms with E-state index < -0.39 is 0 Å². The lowest BCUT2D eigenvalue weighted by Gasteiger charge is -2.23. The smallest absolute Gasteiger partial charge is 0.127 e. The maximum Gasteiger partial charge on any atom is 0.127 e. The van der Waals surface area contributed by atoms with Gasteiger partial charge in [-0.3, -0.25) is 0 Å². The fourth-order valence-electron chi connectivity index (χ4n) is 2.50. The van der Waals surface area contributed by atoms with Crippen LogP contribution in [-0.2, 0) is 6.42 Å². The Hall–Kier alpha value is -2.00. The zero-order valence-corrected chi connectivity index (χ0v) is 11.4. The molecule has 0 aromatic heterocycles. The van der Waals surface area contributed by atoms with Crippen LogP contribution in [0.25, 0.3) is 0 Å². The summed E-state index contributed by atoms with van der Waals surface area (Å²) < 4.78 is 11.5. The Labute approximate surface area is 119 Å². The van der Waals surface area contributed by atoms with E-state index in [1.165, 1.54) is 5.56 Å². The van der Waals surface area contributed by atoms with Crippen LogP contribution in [-0.4, -0.2) is 13.2 Å². The molecule has 3 rings (SSSR count). The molecule has 2 aromatic carbocycles. The summed E-state index contributed by atoms with van der Waals surface area (Å²) in [7, 11) is 0. The van der Waals surface area contributed by atoms with Crippen LogP contribution in [0, 0.1) is 0 Å². The van der Waals surface area contributed by atoms with Gasteiger partial charge in [0, 0.05) is 5.56 Å². The molecule has 104 valence electrons. The van der Waals surface area contributed by atoms with E-state index in [9.17, 15) is 0 Å². The molecule has 0 bridgehead atoms. The second kappa shape index (κ2) is 5.97. The Balaban J connectivity index is 1.72. The van der Waals surface area contributed by atoms with Crippen LogP contribution in [0.3, 0.4) is 0 Å². The van der Waals surface area contributed by atoms with Crippen molar-refractivity contribution in [3.63, 3.8) is 0 Å². The van der Waals surface area contributed by atoms with Crippen LogP contribution in [0.4, 0.5) is 0 Å². The van der Waals surface area contributed by atoms with Gasteiger partial charge in [0.05, 0.1) is 12.6 Å². The minimum Gasteiger partial charge on any atom is -0.493 e. The summed E-state index contributed by atoms with van der Waals surface area (Å²) in [5.41, 5.74) is 8.56. The Bertz CT molecular complexity index is 568. The number of nitrogens with two attached hydrogens (primary N) is 1. The monoisotopic (exact) mass is 269 g/mol. The summed E-state index contributed by atoms with van der Waals surface area (Å²) in [5.74, 6) is 1.80. The van der Waals surface area contributed by atoms with Crippen LogP contribution < -0.4 is 15.2 Å². The molecule has 1 atom stereocenters. The third-order valence-corrected chi connectivity index (χ3v) is 3.54. The molecular formula is C17H19NO2. The van der Waals surface area contributed by atoms with Gasteiger partial charge in [-0.1, -0.05) is 36.4 Å². The van der Waals surface area contributed by atoms with E-state index >= 15 is 0 Å². The molecule has 3 heteroatoms. The Morgan fingerprint density at radius 1 is 1.10 bits per heavy atom. The highest BCUT2D eigenvalue weighted by atomic mass is 16.5. The molecule has 3 nitrogen and oxygen atoms in total. The minimum absolute atomic E-state index is 0.178. The molecule has 2 aromatic rings. The topological polar surface area (TPSA) is 44.5 Å². The van der Waals surface area contributed by atoms with Gasteiger partial charge in [0.2, 0.25) is 0 Å². The fourth-order valence-corrected chi connectivity index (χ4v) is 2.50. The molecule has 0 amide bonds. The number of hydrogen-bond acceptors (Lipinski definition) is 3. The van der Waals surface area contributed by atoms with Crippen LogP contribution in [0.2, 0.25) is 0 Å². The van der Waals surface area contributed by atoms with Gasteiger partial charge >= 0.3 is 0 Å². The number of para-hydroxylation sites is 2. The average molecular weight is 269 g/mol. The van der Waals surface area contributed by atoms with E-state index in [0.29, 0.717) is 6.61 Å². The maximum atomic E-state index is 6.26. The molecule has 1 aliphatic rings. The van der Waals surface area contributed by atoms with Crippen LogP contribution in [0.15, 0.2) is 48.5 Å². The van der Waals surface area contributed by atoms with E-state index in [4.69, 9.17) is 15.2 Å². The first kappa shape index (κ1) is 13.0. The van der Waals surface area contributed by atoms with Gasteiger partial charge < -0.3 is 15.2 Å². The number of fused-ring (bicyclic) bond motifs is 1. The largest absolute Gasteiger partial charge is 0.493 e. The molecule has 0 spiro atoms. The highest BCUT2D eigenvalue weighted by molar-refractivity contribution is 5.44. The first-order valence-corrected chi connectivity index (χ1v) is 7.02. The molecular weight excluding hydrogens is 250 g/mol. The Morgan fingerprint density at radius 3 is 2.80 bits per heavy atom. The van der Waals surface area contributed by atoms with Crippen LogP contribution in [0.1, 0.15) is 23.6 Å². The predicted octanol–water partition coefficient (Wildman–Crippen LogP) is 3.09. The molecule has 1 heterocycles. The number of aryl methyl sites for hydroxylation is 1. The number of hydrogen-bond donors (Lipinski definition) is 1. The summed E-state index contributed by atoms with van der Waals surface area (Å²) >= 11 is 0. The summed E-state index contributed by atoms with van der Waals surface area (Å²) in [4.78, 5) is 0. The van der Waals surface area contributed by atoms with Crippen molar-refractivity contribution in [2.24, 2.45) is 5.73 Å². The van der Waals surface area contributed by atoms with Gasteiger partial charge in [-0.05, 0) is 30.5 Å². The standard InChI is InChI=1S/C17H19NO2/c18-16(12-20-14-8-2-1-3-9-14)15-10-4-6-13-7-5-11-19-17(13)15/h1-4,6,8-10,16H,5,7,11-12,18H2. The zero-order valence-electron chi connectivity index (χ0n) is 11.4. The Kier molecular flexibility index (Phi) is 3.88. The SMILES string of the molecule is NC(COc1ccccc1)c1cccc2c1OCCC2. The summed E-state index contributed by atoms with van der Waals surface area (Å²) in [6.45, 7) is 1.22. The van der Waals surface area contributed by atoms with Gasteiger partial charge in [-0.15, -0.1) is 0 Å². The molecule has 0 saturated heterocycles. The summed E-state index contributed by atoms with van der Waals surface area (Å²) in [6.07, 6.45) is 2.14. The summed E-state index contributed by atoms with van der Waals surface area (Å²) in [5, 5.41) is 0. The molecule has 0 saturated carbocycles. The van der Waals surface area contributed by atoms with Crippen molar-refractivity contribution in [2.75, 3.05) is 13.2 Å². The number of rotatable bonds is 4.